The number of hydrazine groups is 1. The molecular formula is C31H40N4O4. The number of hydrogen-bond acceptors (Lipinski definition) is 5. The Labute approximate surface area is 231 Å². The number of hydrogen-bond donors (Lipinski definition) is 1. The zero-order valence-electron chi connectivity index (χ0n) is 24.0. The number of carbonyl (C=O) groups excluding carboxylic acids is 3. The van der Waals surface area contributed by atoms with E-state index < -0.39 is 23.8 Å². The summed E-state index contributed by atoms with van der Waals surface area (Å²) in [5.41, 5.74) is 3.87. The molecule has 208 valence electrons. The maximum Gasteiger partial charge on any atom is 0.410 e. The Bertz CT molecular complexity index is 1290. The molecule has 2 atom stereocenters. The van der Waals surface area contributed by atoms with Crippen molar-refractivity contribution in [1.29, 1.82) is 0 Å². The van der Waals surface area contributed by atoms with E-state index >= 15 is 0 Å². The molecule has 0 radical (unpaired) electrons. The van der Waals surface area contributed by atoms with Crippen LogP contribution >= 0.6 is 0 Å². The van der Waals surface area contributed by atoms with Gasteiger partial charge in [-0.3, -0.25) is 19.9 Å². The summed E-state index contributed by atoms with van der Waals surface area (Å²) >= 11 is 0. The minimum atomic E-state index is -0.892. The molecule has 0 saturated carbocycles. The molecule has 3 rings (SSSR count). The molecule has 0 unspecified atom stereocenters. The van der Waals surface area contributed by atoms with Gasteiger partial charge in [0.15, 0.2) is 0 Å². The summed E-state index contributed by atoms with van der Waals surface area (Å²) in [6.45, 7) is 5.35. The molecule has 0 aliphatic heterocycles. The summed E-state index contributed by atoms with van der Waals surface area (Å²) < 4.78 is 5.60. The lowest BCUT2D eigenvalue weighted by atomic mass is 9.98. The van der Waals surface area contributed by atoms with Crippen molar-refractivity contribution in [3.8, 4) is 0 Å². The highest BCUT2D eigenvalue weighted by atomic mass is 16.6. The lowest BCUT2D eigenvalue weighted by Crippen LogP contribution is -2.57. The number of likely N-dealkylation sites (N-methyl/N-ethyl adjacent to an activating group) is 2. The van der Waals surface area contributed by atoms with E-state index in [2.05, 4.69) is 5.43 Å². The molecular weight excluding hydrogens is 492 g/mol. The third-order valence-electron chi connectivity index (χ3n) is 6.40. The molecule has 3 amide bonds. The van der Waals surface area contributed by atoms with Crippen LogP contribution in [0.5, 0.6) is 0 Å². The highest BCUT2D eigenvalue weighted by Gasteiger charge is 2.36. The van der Waals surface area contributed by atoms with Crippen LogP contribution in [0.1, 0.15) is 31.9 Å². The molecule has 1 N–H and O–H groups in total. The van der Waals surface area contributed by atoms with Gasteiger partial charge in [-0.25, -0.2) is 9.80 Å². The standard InChI is InChI=1S/C31H40N4O4/c1-31(2,3)39-30(38)35(7)27(21-23-17-18-24-15-11-12-16-25(24)19-23)29(37)34(6)26(28(36)32-33(4)5)20-22-13-9-8-10-14-22/h8-19,26-27H,20-21H2,1-7H3,(H,32,36)/t26-,27-/m1/s1. The molecule has 3 aromatic carbocycles. The number of nitrogens with zero attached hydrogens (tertiary/aromatic N) is 3. The third-order valence-corrected chi connectivity index (χ3v) is 6.40. The van der Waals surface area contributed by atoms with E-state index in [4.69, 9.17) is 4.74 Å². The molecule has 0 fully saturated rings. The predicted molar refractivity (Wildman–Crippen MR) is 154 cm³/mol. The van der Waals surface area contributed by atoms with Crippen molar-refractivity contribution >= 4 is 28.7 Å². The first kappa shape index (κ1) is 29.6. The van der Waals surface area contributed by atoms with Gasteiger partial charge < -0.3 is 9.64 Å². The highest BCUT2D eigenvalue weighted by Crippen LogP contribution is 2.21. The molecule has 3 aromatic rings. The molecule has 0 aliphatic rings. The van der Waals surface area contributed by atoms with Crippen molar-refractivity contribution in [1.82, 2.24) is 20.2 Å². The number of nitrogens with one attached hydrogen (secondary N) is 1. The van der Waals surface area contributed by atoms with Crippen LogP contribution in [-0.2, 0) is 27.2 Å². The fourth-order valence-corrected chi connectivity index (χ4v) is 4.37. The normalized spacial score (nSPS) is 13.0. The number of benzene rings is 3. The third kappa shape index (κ3) is 8.29. The van der Waals surface area contributed by atoms with Crippen molar-refractivity contribution in [3.63, 3.8) is 0 Å². The lowest BCUT2D eigenvalue weighted by Gasteiger charge is -2.35. The summed E-state index contributed by atoms with van der Waals surface area (Å²) in [5.74, 6) is -0.671. The summed E-state index contributed by atoms with van der Waals surface area (Å²) in [6, 6.07) is 21.8. The van der Waals surface area contributed by atoms with Crippen LogP contribution < -0.4 is 5.43 Å². The first-order valence-corrected chi connectivity index (χ1v) is 13.1. The Morgan fingerprint density at radius 1 is 0.744 bits per heavy atom. The van der Waals surface area contributed by atoms with Crippen molar-refractivity contribution in [2.45, 2.75) is 51.3 Å². The van der Waals surface area contributed by atoms with Gasteiger partial charge in [0.1, 0.15) is 17.7 Å². The van der Waals surface area contributed by atoms with Crippen LogP contribution in [-0.4, -0.2) is 78.6 Å². The largest absolute Gasteiger partial charge is 0.444 e. The van der Waals surface area contributed by atoms with Crippen molar-refractivity contribution in [2.24, 2.45) is 0 Å². The molecule has 0 bridgehead atoms. The van der Waals surface area contributed by atoms with E-state index in [0.29, 0.717) is 6.42 Å². The van der Waals surface area contributed by atoms with Gasteiger partial charge in [0.2, 0.25) is 5.91 Å². The van der Waals surface area contributed by atoms with Gasteiger partial charge in [-0.05, 0) is 42.7 Å². The van der Waals surface area contributed by atoms with Crippen LogP contribution in [0.2, 0.25) is 0 Å². The second kappa shape index (κ2) is 12.8. The van der Waals surface area contributed by atoms with Crippen molar-refractivity contribution in [3.05, 3.63) is 83.9 Å². The average molecular weight is 533 g/mol. The zero-order valence-corrected chi connectivity index (χ0v) is 24.0. The minimum absolute atomic E-state index is 0.261. The van der Waals surface area contributed by atoms with Gasteiger partial charge in [0.05, 0.1) is 0 Å². The SMILES string of the molecule is CN(C)NC(=O)[C@@H](Cc1ccccc1)N(C)C(=O)[C@@H](Cc1ccc2ccccc2c1)N(C)C(=O)OC(C)(C)C. The van der Waals surface area contributed by atoms with E-state index in [1.165, 1.54) is 9.80 Å². The number of carbonyl (C=O) groups is 3. The van der Waals surface area contributed by atoms with Crippen LogP contribution in [0.4, 0.5) is 4.79 Å². The van der Waals surface area contributed by atoms with Crippen LogP contribution in [0, 0.1) is 0 Å². The first-order chi connectivity index (χ1) is 18.4. The topological polar surface area (TPSA) is 82.2 Å². The second-order valence-corrected chi connectivity index (χ2v) is 11.0. The van der Waals surface area contributed by atoms with E-state index in [0.717, 1.165) is 21.9 Å². The molecule has 0 heterocycles. The fourth-order valence-electron chi connectivity index (χ4n) is 4.37. The van der Waals surface area contributed by atoms with Gasteiger partial charge in [-0.1, -0.05) is 72.8 Å². The highest BCUT2D eigenvalue weighted by molar-refractivity contribution is 5.91. The molecule has 0 spiro atoms. The van der Waals surface area contributed by atoms with E-state index in [1.807, 2.05) is 72.8 Å². The van der Waals surface area contributed by atoms with Gasteiger partial charge >= 0.3 is 6.09 Å². The molecule has 0 aliphatic carbocycles. The summed E-state index contributed by atoms with van der Waals surface area (Å²) in [5, 5.41) is 3.68. The number of rotatable bonds is 9. The monoisotopic (exact) mass is 532 g/mol. The van der Waals surface area contributed by atoms with Gasteiger partial charge in [-0.15, -0.1) is 0 Å². The van der Waals surface area contributed by atoms with Crippen molar-refractivity contribution in [2.75, 3.05) is 28.2 Å². The Kier molecular flexibility index (Phi) is 9.70. The maximum absolute atomic E-state index is 14.1. The average Bonchev–Trinajstić information content (AvgIpc) is 2.88. The van der Waals surface area contributed by atoms with Crippen molar-refractivity contribution < 1.29 is 19.1 Å². The number of amides is 3. The molecule has 0 saturated heterocycles. The maximum atomic E-state index is 14.1. The zero-order chi connectivity index (χ0) is 28.7. The molecule has 39 heavy (non-hydrogen) atoms. The number of fused-ring (bicyclic) bond motifs is 1. The van der Waals surface area contributed by atoms with Gasteiger partial charge in [0, 0.05) is 41.0 Å². The van der Waals surface area contributed by atoms with E-state index in [1.54, 1.807) is 54.0 Å². The first-order valence-electron chi connectivity index (χ1n) is 13.1. The lowest BCUT2D eigenvalue weighted by molar-refractivity contribution is -0.144. The van der Waals surface area contributed by atoms with Crippen LogP contribution in [0.3, 0.4) is 0 Å². The Morgan fingerprint density at radius 2 is 1.33 bits per heavy atom. The Balaban J connectivity index is 1.96. The predicted octanol–water partition coefficient (Wildman–Crippen LogP) is 4.28. The van der Waals surface area contributed by atoms with Crippen LogP contribution in [0.25, 0.3) is 10.8 Å². The van der Waals surface area contributed by atoms with E-state index in [9.17, 15) is 14.4 Å². The number of ether oxygens (including phenoxy) is 1. The Hall–Kier alpha value is -3.91. The second-order valence-electron chi connectivity index (χ2n) is 11.0. The van der Waals surface area contributed by atoms with Gasteiger partial charge in [-0.2, -0.15) is 0 Å². The summed E-state index contributed by atoms with van der Waals surface area (Å²) in [6.07, 6.45) is -0.0222. The van der Waals surface area contributed by atoms with E-state index in [-0.39, 0.29) is 18.2 Å². The Morgan fingerprint density at radius 3 is 1.95 bits per heavy atom. The fraction of sp³-hybridized carbons (Fsp3) is 0.387. The minimum Gasteiger partial charge on any atom is -0.444 e. The molecule has 8 heteroatoms. The summed E-state index contributed by atoms with van der Waals surface area (Å²) in [4.78, 5) is 43.3. The van der Waals surface area contributed by atoms with Crippen LogP contribution in [0.15, 0.2) is 72.8 Å². The quantitative estimate of drug-likeness (QED) is 0.416. The smallest absolute Gasteiger partial charge is 0.410 e. The molecule has 0 aromatic heterocycles. The molecule has 8 nitrogen and oxygen atoms in total. The summed E-state index contributed by atoms with van der Waals surface area (Å²) in [7, 11) is 6.62. The van der Waals surface area contributed by atoms with Gasteiger partial charge in [0.25, 0.3) is 5.91 Å².